The Morgan fingerprint density at radius 1 is 1.12 bits per heavy atom. The van der Waals surface area contributed by atoms with Crippen LogP contribution < -0.4 is 4.74 Å². The van der Waals surface area contributed by atoms with Crippen LogP contribution in [0.3, 0.4) is 0 Å². The smallest absolute Gasteiger partial charge is 0.259 e. The molecule has 0 aliphatic rings. The highest BCUT2D eigenvalue weighted by atomic mass is 79.9. The van der Waals surface area contributed by atoms with E-state index in [4.69, 9.17) is 4.74 Å². The van der Waals surface area contributed by atoms with Crippen molar-refractivity contribution >= 4 is 33.7 Å². The molecule has 0 spiro atoms. The van der Waals surface area contributed by atoms with Gasteiger partial charge < -0.3 is 9.64 Å². The van der Waals surface area contributed by atoms with Crippen molar-refractivity contribution in [2.45, 2.75) is 0 Å². The van der Waals surface area contributed by atoms with Gasteiger partial charge in [0.25, 0.3) is 5.91 Å². The van der Waals surface area contributed by atoms with Crippen molar-refractivity contribution in [3.05, 3.63) is 70.2 Å². The van der Waals surface area contributed by atoms with Gasteiger partial charge in [0.15, 0.2) is 12.4 Å². The molecule has 2 aromatic carbocycles. The number of halogens is 1. The highest BCUT2D eigenvalue weighted by Gasteiger charge is 2.07. The number of amides is 1. The third kappa shape index (κ3) is 5.06. The normalized spacial score (nSPS) is 10.6. The van der Waals surface area contributed by atoms with Crippen LogP contribution in [-0.4, -0.2) is 37.3 Å². The van der Waals surface area contributed by atoms with Crippen molar-refractivity contribution in [1.29, 1.82) is 0 Å². The van der Waals surface area contributed by atoms with E-state index < -0.39 is 0 Å². The van der Waals surface area contributed by atoms with E-state index in [2.05, 4.69) is 15.9 Å². The predicted octanol–water partition coefficient (Wildman–Crippen LogP) is 3.81. The minimum Gasteiger partial charge on any atom is -0.484 e. The summed E-state index contributed by atoms with van der Waals surface area (Å²) in [5.41, 5.74) is 1.43. The van der Waals surface area contributed by atoms with Gasteiger partial charge in [-0.2, -0.15) is 0 Å². The van der Waals surface area contributed by atoms with E-state index in [1.165, 1.54) is 11.0 Å². The van der Waals surface area contributed by atoms with Gasteiger partial charge in [-0.1, -0.05) is 46.3 Å². The van der Waals surface area contributed by atoms with Crippen LogP contribution >= 0.6 is 15.9 Å². The first-order valence-corrected chi connectivity index (χ1v) is 8.16. The molecule has 0 atom stereocenters. The lowest BCUT2D eigenvalue weighted by Gasteiger charge is -2.11. The fourth-order valence-electron chi connectivity index (χ4n) is 1.89. The van der Waals surface area contributed by atoms with Crippen LogP contribution in [0.5, 0.6) is 5.75 Å². The molecule has 0 fully saturated rings. The van der Waals surface area contributed by atoms with E-state index in [9.17, 15) is 9.59 Å². The fraction of sp³-hybridized carbons (Fsp3) is 0.158. The summed E-state index contributed by atoms with van der Waals surface area (Å²) in [6.45, 7) is -0.0581. The number of benzene rings is 2. The first kappa shape index (κ1) is 17.9. The van der Waals surface area contributed by atoms with Crippen LogP contribution in [0.4, 0.5) is 0 Å². The van der Waals surface area contributed by atoms with Gasteiger partial charge in [-0.25, -0.2) is 0 Å². The van der Waals surface area contributed by atoms with Gasteiger partial charge in [0, 0.05) is 24.1 Å². The molecule has 0 aromatic heterocycles. The number of carbonyl (C=O) groups excluding carboxylic acids is 2. The topological polar surface area (TPSA) is 46.6 Å². The third-order valence-electron chi connectivity index (χ3n) is 3.30. The number of nitrogens with zero attached hydrogens (tertiary/aromatic N) is 1. The second-order valence-electron chi connectivity index (χ2n) is 5.32. The molecule has 0 N–H and O–H groups in total. The summed E-state index contributed by atoms with van der Waals surface area (Å²) in [6.07, 6.45) is 3.28. The van der Waals surface area contributed by atoms with E-state index in [0.717, 1.165) is 10.0 Å². The number of carbonyl (C=O) groups is 2. The molecule has 0 aliphatic heterocycles. The van der Waals surface area contributed by atoms with Gasteiger partial charge in [0.1, 0.15) is 5.75 Å². The van der Waals surface area contributed by atoms with Crippen LogP contribution in [0.1, 0.15) is 15.9 Å². The summed E-state index contributed by atoms with van der Waals surface area (Å²) in [7, 11) is 3.33. The van der Waals surface area contributed by atoms with Crippen molar-refractivity contribution in [1.82, 2.24) is 4.90 Å². The number of allylic oxidation sites excluding steroid dienone is 1. The highest BCUT2D eigenvalue weighted by molar-refractivity contribution is 9.10. The molecule has 124 valence electrons. The summed E-state index contributed by atoms with van der Waals surface area (Å²) >= 11 is 3.44. The van der Waals surface area contributed by atoms with Crippen LogP contribution in [0, 0.1) is 0 Å². The maximum absolute atomic E-state index is 12.3. The fourth-order valence-corrected chi connectivity index (χ4v) is 2.30. The van der Waals surface area contributed by atoms with Gasteiger partial charge >= 0.3 is 0 Å². The van der Waals surface area contributed by atoms with Gasteiger partial charge in [-0.05, 0) is 35.9 Å². The van der Waals surface area contributed by atoms with E-state index in [0.29, 0.717) is 11.3 Å². The molecule has 2 rings (SSSR count). The second kappa shape index (κ2) is 8.45. The summed E-state index contributed by atoms with van der Waals surface area (Å²) < 4.78 is 6.35. The number of likely N-dealkylation sites (N-methyl/N-ethyl adjacent to an activating group) is 1. The van der Waals surface area contributed by atoms with E-state index in [-0.39, 0.29) is 18.3 Å². The maximum atomic E-state index is 12.3. The molecule has 2 aromatic rings. The maximum Gasteiger partial charge on any atom is 0.259 e. The first-order valence-electron chi connectivity index (χ1n) is 7.37. The highest BCUT2D eigenvalue weighted by Crippen LogP contribution is 2.18. The Balaban J connectivity index is 2.06. The van der Waals surface area contributed by atoms with Crippen molar-refractivity contribution < 1.29 is 14.3 Å². The molecule has 0 unspecified atom stereocenters. The number of rotatable bonds is 6. The van der Waals surface area contributed by atoms with Crippen LogP contribution in [-0.2, 0) is 4.79 Å². The molecular formula is C19H18BrNO3. The molecule has 0 saturated carbocycles. The Kier molecular flexibility index (Phi) is 6.32. The second-order valence-corrected chi connectivity index (χ2v) is 6.18. The van der Waals surface area contributed by atoms with Crippen LogP contribution in [0.2, 0.25) is 0 Å². The minimum atomic E-state index is -0.138. The Morgan fingerprint density at radius 2 is 1.88 bits per heavy atom. The van der Waals surface area contributed by atoms with E-state index >= 15 is 0 Å². The number of hydrogen-bond donors (Lipinski definition) is 0. The Hall–Kier alpha value is -2.40. The van der Waals surface area contributed by atoms with Crippen LogP contribution in [0.25, 0.3) is 6.08 Å². The molecular weight excluding hydrogens is 370 g/mol. The molecule has 1 amide bonds. The molecule has 4 nitrogen and oxygen atoms in total. The van der Waals surface area contributed by atoms with Gasteiger partial charge in [0.05, 0.1) is 0 Å². The summed E-state index contributed by atoms with van der Waals surface area (Å²) in [4.78, 5) is 25.3. The SMILES string of the molecule is CN(C)C(=O)COc1cccc(C(=O)C=Cc2ccccc2Br)c1. The number of ketones is 1. The quantitative estimate of drug-likeness (QED) is 0.559. The van der Waals surface area contributed by atoms with Gasteiger partial charge in [0.2, 0.25) is 0 Å². The Bertz CT molecular complexity index is 769. The van der Waals surface area contributed by atoms with Crippen molar-refractivity contribution in [2.24, 2.45) is 0 Å². The minimum absolute atomic E-state index is 0.0581. The van der Waals surface area contributed by atoms with Crippen molar-refractivity contribution in [2.75, 3.05) is 20.7 Å². The van der Waals surface area contributed by atoms with Crippen LogP contribution in [0.15, 0.2) is 59.1 Å². The summed E-state index contributed by atoms with van der Waals surface area (Å²) in [6, 6.07) is 14.5. The average molecular weight is 388 g/mol. The Labute approximate surface area is 149 Å². The monoisotopic (exact) mass is 387 g/mol. The average Bonchev–Trinajstić information content (AvgIpc) is 2.58. The van der Waals surface area contributed by atoms with E-state index in [1.54, 1.807) is 44.4 Å². The van der Waals surface area contributed by atoms with Crippen molar-refractivity contribution in [3.8, 4) is 5.75 Å². The Morgan fingerprint density at radius 3 is 2.58 bits per heavy atom. The van der Waals surface area contributed by atoms with Gasteiger partial charge in [-0.3, -0.25) is 9.59 Å². The summed E-state index contributed by atoms with van der Waals surface area (Å²) in [5, 5.41) is 0. The lowest BCUT2D eigenvalue weighted by atomic mass is 10.1. The summed E-state index contributed by atoms with van der Waals surface area (Å²) in [5.74, 6) is 0.223. The zero-order valence-electron chi connectivity index (χ0n) is 13.5. The molecule has 0 bridgehead atoms. The third-order valence-corrected chi connectivity index (χ3v) is 4.02. The predicted molar refractivity (Wildman–Crippen MR) is 98.1 cm³/mol. The number of ether oxygens (including phenoxy) is 1. The molecule has 24 heavy (non-hydrogen) atoms. The zero-order valence-corrected chi connectivity index (χ0v) is 15.1. The zero-order chi connectivity index (χ0) is 17.5. The molecule has 0 heterocycles. The molecule has 0 aliphatic carbocycles. The largest absolute Gasteiger partial charge is 0.484 e. The lowest BCUT2D eigenvalue weighted by molar-refractivity contribution is -0.130. The van der Waals surface area contributed by atoms with Crippen molar-refractivity contribution in [3.63, 3.8) is 0 Å². The first-order chi connectivity index (χ1) is 11.5. The lowest BCUT2D eigenvalue weighted by Crippen LogP contribution is -2.27. The van der Waals surface area contributed by atoms with E-state index in [1.807, 2.05) is 24.3 Å². The molecule has 5 heteroatoms. The molecule has 0 radical (unpaired) electrons. The standard InChI is InChI=1S/C19H18BrNO3/c1-21(2)19(23)13-24-16-8-5-7-15(12-16)18(22)11-10-14-6-3-4-9-17(14)20/h3-12H,13H2,1-2H3. The molecule has 0 saturated heterocycles. The van der Waals surface area contributed by atoms with Gasteiger partial charge in [-0.15, -0.1) is 0 Å². The number of hydrogen-bond acceptors (Lipinski definition) is 3.